The van der Waals surface area contributed by atoms with Gasteiger partial charge >= 0.3 is 7.12 Å². The maximum Gasteiger partial charge on any atom is 0.435 e. The van der Waals surface area contributed by atoms with Gasteiger partial charge in [-0.2, -0.15) is 0 Å². The fourth-order valence-electron chi connectivity index (χ4n) is 3.79. The molecule has 0 aliphatic carbocycles. The summed E-state index contributed by atoms with van der Waals surface area (Å²) in [5.41, 5.74) is 0. The zero-order chi connectivity index (χ0) is 22.0. The quantitative estimate of drug-likeness (QED) is 0.130. The molecule has 0 fully saturated rings. The first-order valence-corrected chi connectivity index (χ1v) is 19.8. The van der Waals surface area contributed by atoms with Crippen molar-refractivity contribution in [3.63, 3.8) is 0 Å². The largest absolute Gasteiger partial charge is 0.454 e. The Bertz CT molecular complexity index is 338. The van der Waals surface area contributed by atoms with Gasteiger partial charge in [-0.15, -0.1) is 0 Å². The highest BCUT2D eigenvalue weighted by atomic mass is 28.4. The van der Waals surface area contributed by atoms with Crippen molar-refractivity contribution in [3.05, 3.63) is 0 Å². The van der Waals surface area contributed by atoms with E-state index in [1.165, 1.54) is 103 Å². The Morgan fingerprint density at radius 2 is 0.724 bits per heavy atom. The summed E-state index contributed by atoms with van der Waals surface area (Å²) in [4.78, 5) is 0. The molecule has 0 aromatic carbocycles. The minimum atomic E-state index is -1.53. The summed E-state index contributed by atoms with van der Waals surface area (Å²) in [6.45, 7) is 15.9. The molecule has 0 saturated heterocycles. The second-order valence-corrected chi connectivity index (χ2v) is 19.9. The van der Waals surface area contributed by atoms with Gasteiger partial charge in [0.25, 0.3) is 0 Å². The highest BCUT2D eigenvalue weighted by Crippen LogP contribution is 2.18. The van der Waals surface area contributed by atoms with Crippen LogP contribution in [0.25, 0.3) is 0 Å². The molecular weight excluding hydrogens is 387 g/mol. The van der Waals surface area contributed by atoms with Crippen LogP contribution in [0.3, 0.4) is 0 Å². The molecule has 0 N–H and O–H groups in total. The van der Waals surface area contributed by atoms with Gasteiger partial charge in [0.1, 0.15) is 0 Å². The smallest absolute Gasteiger partial charge is 0.435 e. The van der Waals surface area contributed by atoms with Gasteiger partial charge in [0.05, 0.1) is 0 Å². The van der Waals surface area contributed by atoms with Gasteiger partial charge in [0.15, 0.2) is 16.6 Å². The summed E-state index contributed by atoms with van der Waals surface area (Å²) >= 11 is 0. The van der Waals surface area contributed by atoms with E-state index in [2.05, 4.69) is 46.2 Å². The Kier molecular flexibility index (Phi) is 18.3. The van der Waals surface area contributed by atoms with E-state index in [-0.39, 0.29) is 7.12 Å². The summed E-state index contributed by atoms with van der Waals surface area (Å²) in [5, 5.41) is 0. The van der Waals surface area contributed by atoms with Crippen LogP contribution in [-0.2, 0) is 8.69 Å². The minimum absolute atomic E-state index is 0.0416. The standard InChI is InChI=1S/C24H55BO2Si2/c1-8-9-10-11-12-13-14-15-16-17-18-19-20-21-22-23-24-25(26-28(2,3)4)27-29(5,6)7/h8-24H2,1-7H3. The summed E-state index contributed by atoms with van der Waals surface area (Å²) in [6, 6.07) is 0. The molecule has 2 nitrogen and oxygen atoms in total. The topological polar surface area (TPSA) is 18.5 Å². The van der Waals surface area contributed by atoms with Crippen LogP contribution in [0.2, 0.25) is 45.6 Å². The van der Waals surface area contributed by atoms with Crippen LogP contribution in [0.5, 0.6) is 0 Å². The van der Waals surface area contributed by atoms with Crippen molar-refractivity contribution in [2.24, 2.45) is 0 Å². The highest BCUT2D eigenvalue weighted by molar-refractivity contribution is 6.81. The molecule has 0 aromatic heterocycles. The Morgan fingerprint density at radius 3 is 1.00 bits per heavy atom. The number of hydrogen-bond donors (Lipinski definition) is 0. The maximum atomic E-state index is 6.29. The highest BCUT2D eigenvalue weighted by Gasteiger charge is 2.30. The molecule has 0 atom stereocenters. The van der Waals surface area contributed by atoms with E-state index in [4.69, 9.17) is 8.69 Å². The van der Waals surface area contributed by atoms with Gasteiger partial charge in [-0.25, -0.2) is 0 Å². The maximum absolute atomic E-state index is 6.29. The fraction of sp³-hybridized carbons (Fsp3) is 1.00. The molecule has 0 bridgehead atoms. The van der Waals surface area contributed by atoms with Crippen molar-refractivity contribution in [3.8, 4) is 0 Å². The van der Waals surface area contributed by atoms with E-state index in [9.17, 15) is 0 Å². The Hall–Kier alpha value is 0.419. The van der Waals surface area contributed by atoms with Crippen LogP contribution in [0.4, 0.5) is 0 Å². The zero-order valence-electron chi connectivity index (χ0n) is 21.4. The Morgan fingerprint density at radius 1 is 0.448 bits per heavy atom. The van der Waals surface area contributed by atoms with E-state index in [0.717, 1.165) is 6.32 Å². The summed E-state index contributed by atoms with van der Waals surface area (Å²) in [6.07, 6.45) is 23.8. The van der Waals surface area contributed by atoms with Crippen LogP contribution in [-0.4, -0.2) is 23.8 Å². The number of hydrogen-bond acceptors (Lipinski definition) is 2. The predicted molar refractivity (Wildman–Crippen MR) is 139 cm³/mol. The lowest BCUT2D eigenvalue weighted by Crippen LogP contribution is -2.43. The third-order valence-electron chi connectivity index (χ3n) is 5.26. The molecule has 0 saturated carbocycles. The predicted octanol–water partition coefficient (Wildman–Crippen LogP) is 9.44. The molecule has 174 valence electrons. The lowest BCUT2D eigenvalue weighted by atomic mass is 9.83. The molecule has 0 amide bonds. The summed E-state index contributed by atoms with van der Waals surface area (Å²) in [7, 11) is -3.03. The molecule has 0 aliphatic heterocycles. The molecule has 0 unspecified atom stereocenters. The van der Waals surface area contributed by atoms with E-state index >= 15 is 0 Å². The first-order valence-electron chi connectivity index (χ1n) is 13.0. The van der Waals surface area contributed by atoms with E-state index < -0.39 is 16.6 Å². The molecule has 0 aromatic rings. The molecule has 0 aliphatic rings. The van der Waals surface area contributed by atoms with Gasteiger partial charge in [-0.05, 0) is 45.6 Å². The van der Waals surface area contributed by atoms with Crippen molar-refractivity contribution in [2.75, 3.05) is 0 Å². The van der Waals surface area contributed by atoms with Crippen LogP contribution < -0.4 is 0 Å². The van der Waals surface area contributed by atoms with Crippen molar-refractivity contribution < 1.29 is 8.69 Å². The molecule has 29 heavy (non-hydrogen) atoms. The third-order valence-corrected chi connectivity index (χ3v) is 7.20. The van der Waals surface area contributed by atoms with Gasteiger partial charge in [-0.3, -0.25) is 0 Å². The summed E-state index contributed by atoms with van der Waals surface area (Å²) in [5.74, 6) is 0. The number of unbranched alkanes of at least 4 members (excludes halogenated alkanes) is 15. The first-order chi connectivity index (χ1) is 13.6. The molecule has 0 radical (unpaired) electrons. The van der Waals surface area contributed by atoms with Crippen molar-refractivity contribution in [2.45, 2.75) is 155 Å². The van der Waals surface area contributed by atoms with Gasteiger partial charge in [-0.1, -0.05) is 110 Å². The molecule has 5 heteroatoms. The molecular formula is C24H55BO2Si2. The van der Waals surface area contributed by atoms with Gasteiger partial charge in [0, 0.05) is 0 Å². The zero-order valence-corrected chi connectivity index (χ0v) is 23.4. The van der Waals surface area contributed by atoms with E-state index in [0.29, 0.717) is 0 Å². The molecule has 0 heterocycles. The van der Waals surface area contributed by atoms with Crippen LogP contribution in [0, 0.1) is 0 Å². The van der Waals surface area contributed by atoms with Crippen molar-refractivity contribution >= 4 is 23.8 Å². The van der Waals surface area contributed by atoms with Crippen LogP contribution in [0.15, 0.2) is 0 Å². The van der Waals surface area contributed by atoms with Gasteiger partial charge < -0.3 is 8.69 Å². The molecule has 0 spiro atoms. The summed E-state index contributed by atoms with van der Waals surface area (Å²) < 4.78 is 12.6. The van der Waals surface area contributed by atoms with Crippen molar-refractivity contribution in [1.29, 1.82) is 0 Å². The molecule has 0 rings (SSSR count). The van der Waals surface area contributed by atoms with Crippen LogP contribution >= 0.6 is 0 Å². The van der Waals surface area contributed by atoms with E-state index in [1.807, 2.05) is 0 Å². The Labute approximate surface area is 187 Å². The number of rotatable bonds is 21. The van der Waals surface area contributed by atoms with Crippen molar-refractivity contribution in [1.82, 2.24) is 0 Å². The van der Waals surface area contributed by atoms with Crippen LogP contribution in [0.1, 0.15) is 110 Å². The second-order valence-electron chi connectivity index (χ2n) is 11.0. The Balaban J connectivity index is 3.50. The lowest BCUT2D eigenvalue weighted by molar-refractivity contribution is 0.413. The van der Waals surface area contributed by atoms with Gasteiger partial charge in [0.2, 0.25) is 0 Å². The van der Waals surface area contributed by atoms with E-state index in [1.54, 1.807) is 0 Å². The SMILES string of the molecule is CCCCCCCCCCCCCCCCCCB(O[Si](C)(C)C)O[Si](C)(C)C. The average molecular weight is 443 g/mol. The second kappa shape index (κ2) is 18.0. The lowest BCUT2D eigenvalue weighted by Gasteiger charge is -2.29. The third kappa shape index (κ3) is 24.6. The average Bonchev–Trinajstić information content (AvgIpc) is 2.58. The fourth-order valence-corrected chi connectivity index (χ4v) is 5.80. The monoisotopic (exact) mass is 442 g/mol. The first kappa shape index (κ1) is 29.4. The minimum Gasteiger partial charge on any atom is -0.454 e. The normalized spacial score (nSPS) is 12.5.